The second-order valence-corrected chi connectivity index (χ2v) is 8.88. The van der Waals surface area contributed by atoms with Gasteiger partial charge in [-0.2, -0.15) is 5.26 Å². The molecule has 0 spiro atoms. The van der Waals surface area contributed by atoms with Crippen molar-refractivity contribution in [1.29, 1.82) is 5.26 Å². The van der Waals surface area contributed by atoms with Crippen molar-refractivity contribution in [3.8, 4) is 27.9 Å². The lowest BCUT2D eigenvalue weighted by Gasteiger charge is -2.33. The Morgan fingerprint density at radius 1 is 1.47 bits per heavy atom. The molecule has 0 bridgehead atoms. The van der Waals surface area contributed by atoms with Crippen LogP contribution >= 0.6 is 34.5 Å². The lowest BCUT2D eigenvalue weighted by molar-refractivity contribution is -0.141. The number of rotatable bonds is 6. The highest BCUT2D eigenvalue weighted by Crippen LogP contribution is 2.48. The average molecular weight is 493 g/mol. The van der Waals surface area contributed by atoms with Crippen LogP contribution in [0.4, 0.5) is 5.00 Å². The number of anilines is 1. The maximum absolute atomic E-state index is 11.0. The molecule has 1 aliphatic heterocycles. The van der Waals surface area contributed by atoms with Crippen LogP contribution in [0.3, 0.4) is 0 Å². The molecule has 4 rings (SSSR count). The number of aromatic nitrogens is 4. The van der Waals surface area contributed by atoms with Gasteiger partial charge in [-0.05, 0) is 22.6 Å². The van der Waals surface area contributed by atoms with Crippen LogP contribution in [0, 0.1) is 11.3 Å². The number of ether oxygens (including phenoxy) is 2. The fraction of sp³-hybridized carbons (Fsp3) is 0.350. The summed E-state index contributed by atoms with van der Waals surface area (Å²) in [6.07, 6.45) is 0.438. The lowest BCUT2D eigenvalue weighted by atomic mass is 10.0. The number of esters is 1. The minimum atomic E-state index is -0.322. The molecule has 32 heavy (non-hydrogen) atoms. The first-order valence-corrected chi connectivity index (χ1v) is 11.3. The minimum Gasteiger partial charge on any atom is -0.466 e. The molecule has 0 saturated carbocycles. The van der Waals surface area contributed by atoms with E-state index in [1.54, 1.807) is 18.2 Å². The summed E-state index contributed by atoms with van der Waals surface area (Å²) < 4.78 is 10.9. The van der Waals surface area contributed by atoms with E-state index in [4.69, 9.17) is 32.7 Å². The van der Waals surface area contributed by atoms with Crippen LogP contribution in [0.25, 0.3) is 21.8 Å². The SMILES string of the molecule is CC(=O)OCCC1CN(c2sc(-c3nnn[nH]3)c(-c3ccc(Cl)cc3Cl)c2C#N)CCO1. The molecule has 3 aromatic rings. The van der Waals surface area contributed by atoms with E-state index in [-0.39, 0.29) is 18.7 Å². The molecule has 3 heterocycles. The van der Waals surface area contributed by atoms with Crippen LogP contribution in [0.5, 0.6) is 0 Å². The molecule has 1 atom stereocenters. The first-order valence-electron chi connectivity index (χ1n) is 9.74. The molecule has 0 amide bonds. The van der Waals surface area contributed by atoms with Crippen molar-refractivity contribution in [1.82, 2.24) is 20.6 Å². The molecular formula is C20H18Cl2N6O3S. The van der Waals surface area contributed by atoms with E-state index in [0.29, 0.717) is 63.6 Å². The fourth-order valence-electron chi connectivity index (χ4n) is 3.53. The van der Waals surface area contributed by atoms with Crippen molar-refractivity contribution < 1.29 is 14.3 Å². The third-order valence-electron chi connectivity index (χ3n) is 4.93. The Bertz CT molecular complexity index is 1160. The molecule has 1 aliphatic rings. The predicted molar refractivity (Wildman–Crippen MR) is 121 cm³/mol. The Hall–Kier alpha value is -2.71. The summed E-state index contributed by atoms with van der Waals surface area (Å²) in [6.45, 7) is 3.31. The molecule has 1 fully saturated rings. The van der Waals surface area contributed by atoms with Gasteiger partial charge in [0.05, 0.1) is 29.8 Å². The number of nitrogens with zero attached hydrogens (tertiary/aromatic N) is 5. The van der Waals surface area contributed by atoms with E-state index >= 15 is 0 Å². The molecule has 166 valence electrons. The van der Waals surface area contributed by atoms with Gasteiger partial charge in [0.2, 0.25) is 0 Å². The van der Waals surface area contributed by atoms with Crippen molar-refractivity contribution in [2.45, 2.75) is 19.4 Å². The third-order valence-corrected chi connectivity index (χ3v) is 6.74. The Morgan fingerprint density at radius 2 is 2.31 bits per heavy atom. The Balaban J connectivity index is 1.73. The first-order chi connectivity index (χ1) is 15.5. The van der Waals surface area contributed by atoms with E-state index in [1.165, 1.54) is 18.3 Å². The van der Waals surface area contributed by atoms with Crippen molar-refractivity contribution in [3.63, 3.8) is 0 Å². The number of halogens is 2. The van der Waals surface area contributed by atoms with Gasteiger partial charge in [0, 0.05) is 47.6 Å². The number of hydrogen-bond acceptors (Lipinski definition) is 9. The van der Waals surface area contributed by atoms with E-state index in [2.05, 4.69) is 31.6 Å². The smallest absolute Gasteiger partial charge is 0.302 e. The maximum Gasteiger partial charge on any atom is 0.302 e. The van der Waals surface area contributed by atoms with Gasteiger partial charge >= 0.3 is 5.97 Å². The van der Waals surface area contributed by atoms with Gasteiger partial charge in [0.15, 0.2) is 5.82 Å². The van der Waals surface area contributed by atoms with E-state index in [1.807, 2.05) is 0 Å². The summed E-state index contributed by atoms with van der Waals surface area (Å²) in [6, 6.07) is 7.49. The number of benzene rings is 1. The zero-order valence-corrected chi connectivity index (χ0v) is 19.3. The topological polar surface area (TPSA) is 117 Å². The summed E-state index contributed by atoms with van der Waals surface area (Å²) in [4.78, 5) is 13.9. The summed E-state index contributed by atoms with van der Waals surface area (Å²) in [5.41, 5.74) is 1.79. The summed E-state index contributed by atoms with van der Waals surface area (Å²) >= 11 is 14.0. The molecule has 0 aliphatic carbocycles. The van der Waals surface area contributed by atoms with Gasteiger partial charge in [-0.3, -0.25) is 4.79 Å². The molecule has 1 N–H and O–H groups in total. The van der Waals surface area contributed by atoms with Gasteiger partial charge in [-0.15, -0.1) is 16.4 Å². The predicted octanol–water partition coefficient (Wildman–Crippen LogP) is 3.93. The van der Waals surface area contributed by atoms with E-state index in [0.717, 1.165) is 5.00 Å². The van der Waals surface area contributed by atoms with Crippen LogP contribution < -0.4 is 4.90 Å². The number of morpholine rings is 1. The number of nitriles is 1. The van der Waals surface area contributed by atoms with Crippen LogP contribution in [-0.4, -0.2) is 59.0 Å². The van der Waals surface area contributed by atoms with E-state index < -0.39 is 0 Å². The summed E-state index contributed by atoms with van der Waals surface area (Å²) in [5, 5.41) is 26.0. The van der Waals surface area contributed by atoms with Gasteiger partial charge < -0.3 is 14.4 Å². The molecule has 1 aromatic carbocycles. The highest BCUT2D eigenvalue weighted by Gasteiger charge is 2.30. The second kappa shape index (κ2) is 9.83. The quantitative estimate of drug-likeness (QED) is 0.514. The summed E-state index contributed by atoms with van der Waals surface area (Å²) in [5.74, 6) is 0.121. The number of tetrazole rings is 1. The molecule has 9 nitrogen and oxygen atoms in total. The number of carbonyl (C=O) groups is 1. The average Bonchev–Trinajstić information content (AvgIpc) is 3.41. The van der Waals surface area contributed by atoms with Gasteiger partial charge in [-0.1, -0.05) is 29.3 Å². The second-order valence-electron chi connectivity index (χ2n) is 7.04. The molecule has 1 saturated heterocycles. The Labute approximate surface area is 197 Å². The normalized spacial score (nSPS) is 16.1. The van der Waals surface area contributed by atoms with Gasteiger partial charge in [0.25, 0.3) is 0 Å². The number of hydrogen-bond donors (Lipinski definition) is 1. The van der Waals surface area contributed by atoms with Gasteiger partial charge in [-0.25, -0.2) is 5.10 Å². The van der Waals surface area contributed by atoms with Crippen molar-refractivity contribution >= 4 is 45.5 Å². The molecular weight excluding hydrogens is 475 g/mol. The molecule has 12 heteroatoms. The third kappa shape index (κ3) is 4.71. The van der Waals surface area contributed by atoms with Crippen molar-refractivity contribution in [2.75, 3.05) is 31.2 Å². The zero-order valence-electron chi connectivity index (χ0n) is 17.0. The number of H-pyrrole nitrogens is 1. The number of aromatic amines is 1. The maximum atomic E-state index is 11.0. The van der Waals surface area contributed by atoms with Gasteiger partial charge in [0.1, 0.15) is 11.1 Å². The van der Waals surface area contributed by atoms with Crippen molar-refractivity contribution in [2.24, 2.45) is 0 Å². The van der Waals surface area contributed by atoms with Crippen LogP contribution in [0.1, 0.15) is 18.9 Å². The van der Waals surface area contributed by atoms with Crippen LogP contribution in [0.15, 0.2) is 18.2 Å². The monoisotopic (exact) mass is 492 g/mol. The Morgan fingerprint density at radius 3 is 3.00 bits per heavy atom. The van der Waals surface area contributed by atoms with Crippen LogP contribution in [0.2, 0.25) is 10.0 Å². The molecule has 0 radical (unpaired) electrons. The zero-order chi connectivity index (χ0) is 22.7. The Kier molecular flexibility index (Phi) is 6.91. The fourth-order valence-corrected chi connectivity index (χ4v) is 5.27. The number of carbonyl (C=O) groups excluding carboxylic acids is 1. The van der Waals surface area contributed by atoms with Crippen LogP contribution in [-0.2, 0) is 14.3 Å². The highest BCUT2D eigenvalue weighted by molar-refractivity contribution is 7.20. The molecule has 1 unspecified atom stereocenters. The molecule has 2 aromatic heterocycles. The highest BCUT2D eigenvalue weighted by atomic mass is 35.5. The largest absolute Gasteiger partial charge is 0.466 e. The number of thiophene rings is 1. The standard InChI is InChI=1S/C20H18Cl2N6O3S/c1-11(29)30-6-4-13-10-28(5-7-31-13)20-15(9-23)17(14-3-2-12(21)8-16(14)22)18(32-20)19-24-26-27-25-19/h2-3,8,13H,4-7,10H2,1H3,(H,24,25,26,27). The number of nitrogens with one attached hydrogen (secondary N) is 1. The summed E-state index contributed by atoms with van der Waals surface area (Å²) in [7, 11) is 0. The van der Waals surface area contributed by atoms with Crippen molar-refractivity contribution in [3.05, 3.63) is 33.8 Å². The first kappa shape index (κ1) is 22.5. The lowest BCUT2D eigenvalue weighted by Crippen LogP contribution is -2.43. The van der Waals surface area contributed by atoms with E-state index in [9.17, 15) is 10.1 Å². The minimum absolute atomic E-state index is 0.130.